The SMILES string of the molecule is [2H]C1=C(c2ccccc2Cl)CCCC1. The van der Waals surface area contributed by atoms with E-state index in [1.165, 1.54) is 6.42 Å². The van der Waals surface area contributed by atoms with Crippen LogP contribution in [-0.4, -0.2) is 0 Å². The van der Waals surface area contributed by atoms with Crippen LogP contribution in [0.1, 0.15) is 32.6 Å². The number of halogens is 1. The molecule has 0 N–H and O–H groups in total. The molecule has 0 unspecified atom stereocenters. The molecule has 2 rings (SSSR count). The highest BCUT2D eigenvalue weighted by atomic mass is 35.5. The average molecular weight is 194 g/mol. The lowest BCUT2D eigenvalue weighted by Crippen LogP contribution is -1.92. The van der Waals surface area contributed by atoms with E-state index < -0.39 is 0 Å². The molecular formula is C12H13Cl. The maximum Gasteiger partial charge on any atom is 0.0579 e. The maximum atomic E-state index is 7.88. The van der Waals surface area contributed by atoms with E-state index in [-0.39, 0.29) is 0 Å². The van der Waals surface area contributed by atoms with Crippen molar-refractivity contribution < 1.29 is 1.37 Å². The number of hydrogen-bond acceptors (Lipinski definition) is 0. The van der Waals surface area contributed by atoms with Crippen LogP contribution in [-0.2, 0) is 0 Å². The Morgan fingerprint density at radius 1 is 1.23 bits per heavy atom. The van der Waals surface area contributed by atoms with Gasteiger partial charge in [0.05, 0.1) is 1.37 Å². The molecule has 0 radical (unpaired) electrons. The fourth-order valence-electron chi connectivity index (χ4n) is 1.69. The normalized spacial score (nSPS) is 18.7. The Kier molecular flexibility index (Phi) is 2.33. The zero-order valence-electron chi connectivity index (χ0n) is 8.52. The number of benzene rings is 1. The summed E-state index contributed by atoms with van der Waals surface area (Å²) in [6.45, 7) is 0. The van der Waals surface area contributed by atoms with Crippen LogP contribution in [0.4, 0.5) is 0 Å². The molecule has 0 aliphatic heterocycles. The second-order valence-electron chi connectivity index (χ2n) is 3.34. The Balaban J connectivity index is 2.43. The van der Waals surface area contributed by atoms with Gasteiger partial charge in [-0.1, -0.05) is 35.9 Å². The summed E-state index contributed by atoms with van der Waals surface area (Å²) in [5.74, 6) is 0. The standard InChI is InChI=1S/C12H13Cl/c13-12-9-5-4-8-11(12)10-6-2-1-3-7-10/h4-6,8-9H,1-3,7H2/i6D. The first-order valence-electron chi connectivity index (χ1n) is 5.22. The van der Waals surface area contributed by atoms with Crippen LogP contribution < -0.4 is 0 Å². The van der Waals surface area contributed by atoms with Crippen molar-refractivity contribution in [2.75, 3.05) is 0 Å². The molecule has 0 nitrogen and oxygen atoms in total. The van der Waals surface area contributed by atoms with Crippen molar-refractivity contribution >= 4 is 17.2 Å². The second kappa shape index (κ2) is 3.97. The van der Waals surface area contributed by atoms with Crippen molar-refractivity contribution in [3.05, 3.63) is 40.9 Å². The van der Waals surface area contributed by atoms with E-state index in [9.17, 15) is 0 Å². The highest BCUT2D eigenvalue weighted by molar-refractivity contribution is 6.32. The van der Waals surface area contributed by atoms with Crippen LogP contribution in [0, 0.1) is 0 Å². The highest BCUT2D eigenvalue weighted by Gasteiger charge is 2.08. The van der Waals surface area contributed by atoms with Crippen LogP contribution >= 0.6 is 11.6 Å². The van der Waals surface area contributed by atoms with Gasteiger partial charge in [-0.3, -0.25) is 0 Å². The third-order valence-electron chi connectivity index (χ3n) is 2.39. The Bertz CT molecular complexity index is 368. The maximum absolute atomic E-state index is 7.88. The second-order valence-corrected chi connectivity index (χ2v) is 3.75. The van der Waals surface area contributed by atoms with Crippen molar-refractivity contribution in [3.63, 3.8) is 0 Å². The van der Waals surface area contributed by atoms with Gasteiger partial charge in [0.1, 0.15) is 0 Å². The van der Waals surface area contributed by atoms with Gasteiger partial charge in [-0.25, -0.2) is 0 Å². The molecule has 1 aromatic rings. The Morgan fingerprint density at radius 3 is 2.85 bits per heavy atom. The molecule has 1 aromatic carbocycles. The third-order valence-corrected chi connectivity index (χ3v) is 2.72. The third kappa shape index (κ3) is 1.94. The molecule has 13 heavy (non-hydrogen) atoms. The molecule has 1 heteroatoms. The van der Waals surface area contributed by atoms with Gasteiger partial charge in [-0.05, 0) is 42.9 Å². The molecule has 1 aliphatic rings. The lowest BCUT2D eigenvalue weighted by atomic mass is 9.94. The van der Waals surface area contributed by atoms with Crippen molar-refractivity contribution in [1.29, 1.82) is 0 Å². The van der Waals surface area contributed by atoms with Crippen LogP contribution in [0.15, 0.2) is 30.3 Å². The first-order valence-corrected chi connectivity index (χ1v) is 5.10. The van der Waals surface area contributed by atoms with Crippen LogP contribution in [0.3, 0.4) is 0 Å². The van der Waals surface area contributed by atoms with Crippen LogP contribution in [0.25, 0.3) is 5.57 Å². The Morgan fingerprint density at radius 2 is 2.08 bits per heavy atom. The fourth-order valence-corrected chi connectivity index (χ4v) is 1.94. The smallest absolute Gasteiger partial charge is 0.0579 e. The quantitative estimate of drug-likeness (QED) is 0.624. The van der Waals surface area contributed by atoms with Gasteiger partial charge in [-0.15, -0.1) is 0 Å². The Labute approximate surface area is 85.6 Å². The summed E-state index contributed by atoms with van der Waals surface area (Å²) in [7, 11) is 0. The largest absolute Gasteiger partial charge is 0.0837 e. The monoisotopic (exact) mass is 193 g/mol. The minimum Gasteiger partial charge on any atom is -0.0837 e. The van der Waals surface area contributed by atoms with Crippen molar-refractivity contribution in [3.8, 4) is 0 Å². The van der Waals surface area contributed by atoms with Crippen LogP contribution in [0.2, 0.25) is 5.02 Å². The van der Waals surface area contributed by atoms with Crippen LogP contribution in [0.5, 0.6) is 0 Å². The summed E-state index contributed by atoms with van der Waals surface area (Å²) >= 11 is 6.11. The van der Waals surface area contributed by atoms with Crippen molar-refractivity contribution in [1.82, 2.24) is 0 Å². The van der Waals surface area contributed by atoms with Gasteiger partial charge in [0.25, 0.3) is 0 Å². The molecule has 0 saturated heterocycles. The van der Waals surface area contributed by atoms with Gasteiger partial charge in [0.15, 0.2) is 0 Å². The van der Waals surface area contributed by atoms with Gasteiger partial charge in [0, 0.05) is 5.02 Å². The first kappa shape index (κ1) is 7.64. The van der Waals surface area contributed by atoms with Gasteiger partial charge in [-0.2, -0.15) is 0 Å². The van der Waals surface area contributed by atoms with E-state index in [0.717, 1.165) is 41.5 Å². The number of hydrogen-bond donors (Lipinski definition) is 0. The summed E-state index contributed by atoms with van der Waals surface area (Å²) in [6.07, 6.45) is 4.23. The molecule has 0 heterocycles. The summed E-state index contributed by atoms with van der Waals surface area (Å²) in [6, 6.07) is 8.59. The molecule has 0 spiro atoms. The summed E-state index contributed by atoms with van der Waals surface area (Å²) in [5.41, 5.74) is 2.20. The minimum absolute atomic E-state index is 0.768. The molecule has 1 aliphatic carbocycles. The molecule has 0 fully saturated rings. The first-order chi connectivity index (χ1) is 6.79. The van der Waals surface area contributed by atoms with E-state index in [4.69, 9.17) is 13.0 Å². The molecule has 68 valence electrons. The van der Waals surface area contributed by atoms with Crippen molar-refractivity contribution in [2.24, 2.45) is 0 Å². The van der Waals surface area contributed by atoms with E-state index in [0.29, 0.717) is 0 Å². The van der Waals surface area contributed by atoms with E-state index in [2.05, 4.69) is 0 Å². The summed E-state index contributed by atoms with van der Waals surface area (Å²) < 4.78 is 7.88. The van der Waals surface area contributed by atoms with Gasteiger partial charge >= 0.3 is 0 Å². The molecule has 0 bridgehead atoms. The zero-order valence-corrected chi connectivity index (χ0v) is 8.27. The van der Waals surface area contributed by atoms with E-state index in [1.54, 1.807) is 0 Å². The highest BCUT2D eigenvalue weighted by Crippen LogP contribution is 2.30. The Hall–Kier alpha value is -0.750. The molecule has 0 atom stereocenters. The zero-order chi connectivity index (χ0) is 9.97. The predicted octanol–water partition coefficient (Wildman–Crippen LogP) is 4.30. The van der Waals surface area contributed by atoms with Gasteiger partial charge < -0.3 is 0 Å². The number of allylic oxidation sites excluding steroid dienone is 2. The average Bonchev–Trinajstić information content (AvgIpc) is 2.20. The van der Waals surface area contributed by atoms with Gasteiger partial charge in [0.2, 0.25) is 0 Å². The number of rotatable bonds is 1. The van der Waals surface area contributed by atoms with E-state index in [1.807, 2.05) is 24.3 Å². The topological polar surface area (TPSA) is 0 Å². The molecule has 0 saturated carbocycles. The molecular weight excluding hydrogens is 180 g/mol. The molecule has 0 amide bonds. The predicted molar refractivity (Wildman–Crippen MR) is 57.9 cm³/mol. The molecule has 0 aromatic heterocycles. The summed E-state index contributed by atoms with van der Waals surface area (Å²) in [4.78, 5) is 0. The lowest BCUT2D eigenvalue weighted by molar-refractivity contribution is 0.742. The minimum atomic E-state index is 0.768. The van der Waals surface area contributed by atoms with Crippen molar-refractivity contribution in [2.45, 2.75) is 25.7 Å². The fraction of sp³-hybridized carbons (Fsp3) is 0.333. The summed E-state index contributed by atoms with van der Waals surface area (Å²) in [5, 5.41) is 0.772. The lowest BCUT2D eigenvalue weighted by Gasteiger charge is -2.13. The van der Waals surface area contributed by atoms with E-state index >= 15 is 0 Å².